The molecule has 0 aliphatic carbocycles. The van der Waals surface area contributed by atoms with Crippen LogP contribution in [0, 0.1) is 10.1 Å². The zero-order valence-corrected chi connectivity index (χ0v) is 11.0. The lowest BCUT2D eigenvalue weighted by Gasteiger charge is -2.02. The average molecular weight is 290 g/mol. The number of aromatic carboxylic acids is 1. The number of pyridine rings is 1. The number of rotatable bonds is 5. The molecule has 1 aromatic carbocycles. The quantitative estimate of drug-likeness (QED) is 0.517. The predicted octanol–water partition coefficient (Wildman–Crippen LogP) is 2.98. The van der Waals surface area contributed by atoms with E-state index in [4.69, 9.17) is 5.11 Å². The summed E-state index contributed by atoms with van der Waals surface area (Å²) in [7, 11) is 0. The van der Waals surface area contributed by atoms with Crippen LogP contribution in [0.2, 0.25) is 0 Å². The molecule has 20 heavy (non-hydrogen) atoms. The molecule has 0 aliphatic rings. The molecule has 0 saturated heterocycles. The van der Waals surface area contributed by atoms with Gasteiger partial charge in [-0.1, -0.05) is 12.1 Å². The molecule has 0 atom stereocenters. The van der Waals surface area contributed by atoms with Crippen LogP contribution in [0.4, 0.5) is 5.69 Å². The van der Waals surface area contributed by atoms with E-state index in [0.29, 0.717) is 10.8 Å². The largest absolute Gasteiger partial charge is 0.478 e. The number of carbonyl (C=O) groups is 1. The topological polar surface area (TPSA) is 93.3 Å². The Morgan fingerprint density at radius 2 is 1.95 bits per heavy atom. The third kappa shape index (κ3) is 3.55. The van der Waals surface area contributed by atoms with Gasteiger partial charge in [0.05, 0.1) is 15.5 Å². The lowest BCUT2D eigenvalue weighted by Crippen LogP contribution is -1.95. The molecular formula is C13H10N2O4S. The van der Waals surface area contributed by atoms with Crippen molar-refractivity contribution in [2.75, 3.05) is 0 Å². The third-order valence-corrected chi connectivity index (χ3v) is 3.53. The highest BCUT2D eigenvalue weighted by atomic mass is 32.2. The number of benzene rings is 1. The Labute approximate surface area is 118 Å². The van der Waals surface area contributed by atoms with Gasteiger partial charge in [0.25, 0.3) is 5.69 Å². The molecule has 7 heteroatoms. The summed E-state index contributed by atoms with van der Waals surface area (Å²) in [5.41, 5.74) is 1.16. The summed E-state index contributed by atoms with van der Waals surface area (Å²) in [6.07, 6.45) is 1.22. The normalized spacial score (nSPS) is 10.2. The molecule has 1 heterocycles. The maximum Gasteiger partial charge on any atom is 0.335 e. The lowest BCUT2D eigenvalue weighted by atomic mass is 10.1. The van der Waals surface area contributed by atoms with Crippen LogP contribution in [0.5, 0.6) is 0 Å². The van der Waals surface area contributed by atoms with Crippen LogP contribution in [-0.4, -0.2) is 21.0 Å². The van der Waals surface area contributed by atoms with Crippen LogP contribution in [0.1, 0.15) is 15.9 Å². The molecule has 2 rings (SSSR count). The van der Waals surface area contributed by atoms with Gasteiger partial charge in [0, 0.05) is 11.8 Å². The third-order valence-electron chi connectivity index (χ3n) is 2.52. The van der Waals surface area contributed by atoms with Crippen molar-refractivity contribution in [2.24, 2.45) is 0 Å². The van der Waals surface area contributed by atoms with Crippen LogP contribution in [0.15, 0.2) is 47.6 Å². The molecule has 0 unspecified atom stereocenters. The number of carboxylic acid groups (broad SMARTS) is 1. The summed E-state index contributed by atoms with van der Waals surface area (Å²) in [6, 6.07) is 9.56. The highest BCUT2D eigenvalue weighted by Crippen LogP contribution is 2.22. The van der Waals surface area contributed by atoms with Gasteiger partial charge in [-0.2, -0.15) is 0 Å². The Hall–Kier alpha value is -2.41. The number of nitrogens with zero attached hydrogens (tertiary/aromatic N) is 2. The Bertz CT molecular complexity index is 568. The van der Waals surface area contributed by atoms with E-state index in [2.05, 4.69) is 4.98 Å². The van der Waals surface area contributed by atoms with Crippen LogP contribution in [0.25, 0.3) is 0 Å². The van der Waals surface area contributed by atoms with Crippen molar-refractivity contribution in [2.45, 2.75) is 10.8 Å². The van der Waals surface area contributed by atoms with Crippen molar-refractivity contribution in [3.63, 3.8) is 0 Å². The summed E-state index contributed by atoms with van der Waals surface area (Å²) >= 11 is 1.43. The molecule has 2 aromatic rings. The van der Waals surface area contributed by atoms with Crippen molar-refractivity contribution in [3.8, 4) is 0 Å². The first kappa shape index (κ1) is 14.0. The van der Waals surface area contributed by atoms with E-state index in [-0.39, 0.29) is 11.3 Å². The second-order valence-corrected chi connectivity index (χ2v) is 4.90. The van der Waals surface area contributed by atoms with Gasteiger partial charge in [-0.25, -0.2) is 9.78 Å². The zero-order valence-electron chi connectivity index (χ0n) is 10.2. The second kappa shape index (κ2) is 6.16. The van der Waals surface area contributed by atoms with Crippen LogP contribution >= 0.6 is 11.8 Å². The molecule has 0 aliphatic heterocycles. The molecule has 0 radical (unpaired) electrons. The van der Waals surface area contributed by atoms with Crippen molar-refractivity contribution < 1.29 is 14.8 Å². The fourth-order valence-corrected chi connectivity index (χ4v) is 2.27. The number of nitro groups is 1. The van der Waals surface area contributed by atoms with Gasteiger partial charge in [0.1, 0.15) is 6.20 Å². The van der Waals surface area contributed by atoms with E-state index in [1.807, 2.05) is 0 Å². The minimum Gasteiger partial charge on any atom is -0.478 e. The number of thioether (sulfide) groups is 1. The SMILES string of the molecule is O=C(O)c1ccc(CSc2ccc([N+](=O)[O-])cn2)cc1. The maximum atomic E-state index is 10.7. The van der Waals surface area contributed by atoms with E-state index >= 15 is 0 Å². The summed E-state index contributed by atoms with van der Waals surface area (Å²) in [4.78, 5) is 24.7. The average Bonchev–Trinajstić information content (AvgIpc) is 2.46. The highest BCUT2D eigenvalue weighted by molar-refractivity contribution is 7.98. The molecule has 1 aromatic heterocycles. The smallest absolute Gasteiger partial charge is 0.335 e. The molecular weight excluding hydrogens is 280 g/mol. The number of aromatic nitrogens is 1. The minimum atomic E-state index is -0.957. The van der Waals surface area contributed by atoms with Gasteiger partial charge in [-0.05, 0) is 23.8 Å². The molecule has 102 valence electrons. The molecule has 0 fully saturated rings. The van der Waals surface area contributed by atoms with E-state index in [1.165, 1.54) is 24.0 Å². The lowest BCUT2D eigenvalue weighted by molar-refractivity contribution is -0.385. The van der Waals surface area contributed by atoms with Gasteiger partial charge in [-0.15, -0.1) is 11.8 Å². The Morgan fingerprint density at radius 3 is 2.45 bits per heavy atom. The molecule has 0 bridgehead atoms. The van der Waals surface area contributed by atoms with Crippen molar-refractivity contribution in [3.05, 3.63) is 63.8 Å². The van der Waals surface area contributed by atoms with Crippen molar-refractivity contribution in [1.82, 2.24) is 4.98 Å². The summed E-state index contributed by atoms with van der Waals surface area (Å²) in [5.74, 6) is -0.341. The first-order valence-corrected chi connectivity index (χ1v) is 6.60. The van der Waals surface area contributed by atoms with E-state index < -0.39 is 10.9 Å². The molecule has 0 saturated carbocycles. The number of hydrogen-bond donors (Lipinski definition) is 1. The summed E-state index contributed by atoms with van der Waals surface area (Å²) in [5, 5.41) is 20.0. The van der Waals surface area contributed by atoms with Crippen LogP contribution < -0.4 is 0 Å². The Morgan fingerprint density at radius 1 is 1.25 bits per heavy atom. The first-order chi connectivity index (χ1) is 9.56. The van der Waals surface area contributed by atoms with Gasteiger partial charge in [-0.3, -0.25) is 10.1 Å². The van der Waals surface area contributed by atoms with Gasteiger partial charge in [0.15, 0.2) is 0 Å². The van der Waals surface area contributed by atoms with E-state index in [9.17, 15) is 14.9 Å². The first-order valence-electron chi connectivity index (χ1n) is 5.62. The maximum absolute atomic E-state index is 10.7. The fraction of sp³-hybridized carbons (Fsp3) is 0.0769. The van der Waals surface area contributed by atoms with Gasteiger partial charge in [0.2, 0.25) is 0 Å². The monoisotopic (exact) mass is 290 g/mol. The van der Waals surface area contributed by atoms with Crippen LogP contribution in [0.3, 0.4) is 0 Å². The molecule has 0 spiro atoms. The molecule has 0 amide bonds. The predicted molar refractivity (Wildman–Crippen MR) is 73.9 cm³/mol. The van der Waals surface area contributed by atoms with E-state index in [0.717, 1.165) is 5.56 Å². The molecule has 1 N–H and O–H groups in total. The number of carboxylic acids is 1. The number of hydrogen-bond acceptors (Lipinski definition) is 5. The van der Waals surface area contributed by atoms with E-state index in [1.54, 1.807) is 30.3 Å². The van der Waals surface area contributed by atoms with Crippen molar-refractivity contribution in [1.29, 1.82) is 0 Å². The van der Waals surface area contributed by atoms with Gasteiger partial charge >= 0.3 is 5.97 Å². The summed E-state index contributed by atoms with van der Waals surface area (Å²) < 4.78 is 0. The van der Waals surface area contributed by atoms with Gasteiger partial charge < -0.3 is 5.11 Å². The summed E-state index contributed by atoms with van der Waals surface area (Å²) in [6.45, 7) is 0. The standard InChI is InChI=1S/C13H10N2O4S/c16-13(17)10-3-1-9(2-4-10)8-20-12-6-5-11(7-14-12)15(18)19/h1-7H,8H2,(H,16,17). The fourth-order valence-electron chi connectivity index (χ4n) is 1.47. The van der Waals surface area contributed by atoms with Crippen LogP contribution in [-0.2, 0) is 5.75 Å². The Kier molecular flexibility index (Phi) is 4.31. The second-order valence-electron chi connectivity index (χ2n) is 3.90. The Balaban J connectivity index is 1.97. The molecule has 6 nitrogen and oxygen atoms in total. The minimum absolute atomic E-state index is 0.0415. The highest BCUT2D eigenvalue weighted by Gasteiger charge is 2.06. The van der Waals surface area contributed by atoms with Crippen molar-refractivity contribution >= 4 is 23.4 Å². The zero-order chi connectivity index (χ0) is 14.5.